The molecule has 1 aliphatic heterocycles. The van der Waals surface area contributed by atoms with Crippen LogP contribution in [0, 0.1) is 6.92 Å². The summed E-state index contributed by atoms with van der Waals surface area (Å²) in [6, 6.07) is 10.5. The summed E-state index contributed by atoms with van der Waals surface area (Å²) in [5, 5.41) is 7.20. The molecule has 1 aromatic heterocycles. The third-order valence-corrected chi connectivity index (χ3v) is 4.26. The van der Waals surface area contributed by atoms with E-state index in [-0.39, 0.29) is 17.8 Å². The number of carbonyl (C=O) groups excluding carboxylic acids is 1. The lowest BCUT2D eigenvalue weighted by atomic mass is 10.1. The van der Waals surface area contributed by atoms with E-state index in [2.05, 4.69) is 15.4 Å². The van der Waals surface area contributed by atoms with Crippen LogP contribution in [-0.4, -0.2) is 41.0 Å². The molecule has 0 aliphatic carbocycles. The Balaban J connectivity index is 1.56. The molecule has 0 spiro atoms. The Morgan fingerprint density at radius 2 is 1.96 bits per heavy atom. The van der Waals surface area contributed by atoms with Crippen LogP contribution in [0.25, 0.3) is 0 Å². The lowest BCUT2D eigenvalue weighted by Crippen LogP contribution is -2.16. The number of nitrogens with zero attached hydrogens (tertiary/aromatic N) is 3. The second-order valence-electron chi connectivity index (χ2n) is 6.18. The van der Waals surface area contributed by atoms with Gasteiger partial charge in [-0.1, -0.05) is 0 Å². The second-order valence-corrected chi connectivity index (χ2v) is 6.18. The van der Waals surface area contributed by atoms with E-state index in [1.54, 1.807) is 43.5 Å². The van der Waals surface area contributed by atoms with Crippen molar-refractivity contribution in [2.45, 2.75) is 6.92 Å². The number of methoxy groups -OCH3 is 1. The molecule has 0 bridgehead atoms. The van der Waals surface area contributed by atoms with Gasteiger partial charge in [0.1, 0.15) is 19.0 Å². The van der Waals surface area contributed by atoms with E-state index >= 15 is 0 Å². The summed E-state index contributed by atoms with van der Waals surface area (Å²) in [5.41, 5.74) is 7.85. The molecule has 28 heavy (non-hydrogen) atoms. The van der Waals surface area contributed by atoms with E-state index in [9.17, 15) is 4.79 Å². The molecule has 0 saturated heterocycles. The van der Waals surface area contributed by atoms with Gasteiger partial charge in [-0.05, 0) is 42.8 Å². The number of rotatable bonds is 4. The molecule has 0 radical (unpaired) electrons. The monoisotopic (exact) mass is 381 g/mol. The Bertz CT molecular complexity index is 1050. The molecule has 2 aromatic carbocycles. The first-order valence-electron chi connectivity index (χ1n) is 8.63. The van der Waals surface area contributed by atoms with Gasteiger partial charge in [-0.3, -0.25) is 4.79 Å². The normalized spacial score (nSPS) is 12.5. The molecule has 1 aliphatic rings. The first kappa shape index (κ1) is 17.7. The number of nitrogen functional groups attached to an aromatic ring is 1. The molecule has 144 valence electrons. The zero-order valence-corrected chi connectivity index (χ0v) is 15.4. The quantitative estimate of drug-likeness (QED) is 0.708. The highest BCUT2D eigenvalue weighted by Crippen LogP contribution is 2.33. The summed E-state index contributed by atoms with van der Waals surface area (Å²) < 4.78 is 17.3. The minimum absolute atomic E-state index is 0.0153. The van der Waals surface area contributed by atoms with E-state index in [0.29, 0.717) is 41.7 Å². The van der Waals surface area contributed by atoms with Crippen molar-refractivity contribution in [3.8, 4) is 17.2 Å². The summed E-state index contributed by atoms with van der Waals surface area (Å²) >= 11 is 0. The molecule has 2 heterocycles. The number of fused-ring (bicyclic) bond motifs is 1. The lowest BCUT2D eigenvalue weighted by molar-refractivity contribution is 0.0948. The minimum atomic E-state index is -0.383. The predicted octanol–water partition coefficient (Wildman–Crippen LogP) is 2.38. The van der Waals surface area contributed by atoms with E-state index < -0.39 is 0 Å². The second kappa shape index (κ2) is 7.10. The number of ether oxygens (including phenoxy) is 3. The molecular formula is C19H19N5O4. The van der Waals surface area contributed by atoms with Crippen molar-refractivity contribution in [2.75, 3.05) is 31.4 Å². The van der Waals surface area contributed by atoms with E-state index in [1.807, 2.05) is 6.92 Å². The number of nitrogens with one attached hydrogen (secondary N) is 1. The molecule has 3 N–H and O–H groups in total. The smallest absolute Gasteiger partial charge is 0.281 e. The third kappa shape index (κ3) is 3.29. The highest BCUT2D eigenvalue weighted by atomic mass is 16.6. The van der Waals surface area contributed by atoms with Gasteiger partial charge in [-0.2, -0.15) is 9.67 Å². The zero-order valence-electron chi connectivity index (χ0n) is 15.4. The van der Waals surface area contributed by atoms with Gasteiger partial charge in [-0.15, -0.1) is 5.10 Å². The van der Waals surface area contributed by atoms with Gasteiger partial charge in [0.2, 0.25) is 11.9 Å². The number of anilines is 3. The molecule has 0 atom stereocenters. The Morgan fingerprint density at radius 1 is 1.18 bits per heavy atom. The van der Waals surface area contributed by atoms with Crippen LogP contribution in [0.2, 0.25) is 0 Å². The predicted molar refractivity (Wildman–Crippen MR) is 103 cm³/mol. The number of nitrogens with two attached hydrogens (primary N) is 1. The molecule has 9 heteroatoms. The van der Waals surface area contributed by atoms with Gasteiger partial charge in [0, 0.05) is 17.3 Å². The van der Waals surface area contributed by atoms with Gasteiger partial charge in [0.05, 0.1) is 7.11 Å². The van der Waals surface area contributed by atoms with Gasteiger partial charge in [-0.25, -0.2) is 0 Å². The summed E-state index contributed by atoms with van der Waals surface area (Å²) in [5.74, 6) is 1.81. The largest absolute Gasteiger partial charge is 0.496 e. The van der Waals surface area contributed by atoms with Crippen LogP contribution in [-0.2, 0) is 0 Å². The average molecular weight is 381 g/mol. The van der Waals surface area contributed by atoms with E-state index in [1.165, 1.54) is 0 Å². The fourth-order valence-electron chi connectivity index (χ4n) is 2.91. The van der Waals surface area contributed by atoms with E-state index in [0.717, 1.165) is 10.2 Å². The molecule has 0 unspecified atom stereocenters. The standard InChI is InChI=1S/C19H19N5O4/c1-11-9-12(3-5-14(11)26-2)17(25)24-18(20)22-19(23-24)21-13-4-6-15-16(10-13)28-8-7-27-15/h3-6,9-10H,7-8H2,1-2H3,(H3,20,21,22,23). The van der Waals surface area contributed by atoms with Crippen molar-refractivity contribution in [1.29, 1.82) is 0 Å². The van der Waals surface area contributed by atoms with Crippen molar-refractivity contribution in [3.63, 3.8) is 0 Å². The van der Waals surface area contributed by atoms with Gasteiger partial charge < -0.3 is 25.3 Å². The number of aromatic nitrogens is 3. The van der Waals surface area contributed by atoms with E-state index in [4.69, 9.17) is 19.9 Å². The first-order chi connectivity index (χ1) is 13.5. The summed E-state index contributed by atoms with van der Waals surface area (Å²) in [4.78, 5) is 16.9. The molecule has 0 amide bonds. The summed E-state index contributed by atoms with van der Waals surface area (Å²) in [7, 11) is 1.58. The first-order valence-corrected chi connectivity index (χ1v) is 8.63. The van der Waals surface area contributed by atoms with Crippen LogP contribution in [0.5, 0.6) is 17.2 Å². The molecule has 3 aromatic rings. The van der Waals surface area contributed by atoms with Crippen LogP contribution in [0.3, 0.4) is 0 Å². The van der Waals surface area contributed by atoms with Crippen molar-refractivity contribution < 1.29 is 19.0 Å². The minimum Gasteiger partial charge on any atom is -0.496 e. The number of hydrogen-bond donors (Lipinski definition) is 2. The fraction of sp³-hybridized carbons (Fsp3) is 0.211. The average Bonchev–Trinajstić information content (AvgIpc) is 3.07. The third-order valence-electron chi connectivity index (χ3n) is 4.26. The van der Waals surface area contributed by atoms with Gasteiger partial charge >= 0.3 is 0 Å². The topological polar surface area (TPSA) is 114 Å². The van der Waals surface area contributed by atoms with Crippen molar-refractivity contribution in [3.05, 3.63) is 47.5 Å². The van der Waals surface area contributed by atoms with Gasteiger partial charge in [0.15, 0.2) is 11.5 Å². The summed E-state index contributed by atoms with van der Waals surface area (Å²) in [6.07, 6.45) is 0. The van der Waals surface area contributed by atoms with Crippen LogP contribution in [0.4, 0.5) is 17.6 Å². The highest BCUT2D eigenvalue weighted by Gasteiger charge is 2.18. The Kier molecular flexibility index (Phi) is 4.48. The highest BCUT2D eigenvalue weighted by molar-refractivity contribution is 5.97. The number of benzene rings is 2. The van der Waals surface area contributed by atoms with Crippen LogP contribution in [0.1, 0.15) is 15.9 Å². The van der Waals surface area contributed by atoms with Crippen molar-refractivity contribution in [2.24, 2.45) is 0 Å². The van der Waals surface area contributed by atoms with Crippen molar-refractivity contribution >= 4 is 23.5 Å². The number of hydrogen-bond acceptors (Lipinski definition) is 8. The number of aryl methyl sites for hydroxylation is 1. The molecule has 0 saturated carbocycles. The molecule has 4 rings (SSSR count). The maximum atomic E-state index is 12.8. The van der Waals surface area contributed by atoms with Crippen molar-refractivity contribution in [1.82, 2.24) is 14.8 Å². The maximum Gasteiger partial charge on any atom is 0.281 e. The molecular weight excluding hydrogens is 362 g/mol. The lowest BCUT2D eigenvalue weighted by Gasteiger charge is -2.18. The Morgan fingerprint density at radius 3 is 2.71 bits per heavy atom. The van der Waals surface area contributed by atoms with Crippen LogP contribution in [0.15, 0.2) is 36.4 Å². The van der Waals surface area contributed by atoms with Crippen LogP contribution >= 0.6 is 0 Å². The van der Waals surface area contributed by atoms with Crippen LogP contribution < -0.4 is 25.3 Å². The zero-order chi connectivity index (χ0) is 19.7. The van der Waals surface area contributed by atoms with Gasteiger partial charge in [0.25, 0.3) is 5.91 Å². The SMILES string of the molecule is COc1ccc(C(=O)n2nc(Nc3ccc4c(c3)OCCO4)nc2N)cc1C. The molecule has 0 fully saturated rings. The maximum absolute atomic E-state index is 12.8. The Labute approximate surface area is 161 Å². The number of carbonyl (C=O) groups is 1. The summed E-state index contributed by atoms with van der Waals surface area (Å²) in [6.45, 7) is 2.87. The Hall–Kier alpha value is -3.75. The molecule has 9 nitrogen and oxygen atoms in total. The fourth-order valence-corrected chi connectivity index (χ4v) is 2.91.